The smallest absolute Gasteiger partial charge is 0.179 e. The fraction of sp³-hybridized carbons (Fsp3) is 0.462. The van der Waals surface area contributed by atoms with E-state index in [2.05, 4.69) is 27.5 Å². The van der Waals surface area contributed by atoms with Gasteiger partial charge in [0.05, 0.1) is 6.10 Å². The van der Waals surface area contributed by atoms with E-state index < -0.39 is 6.10 Å². The van der Waals surface area contributed by atoms with Crippen molar-refractivity contribution < 1.29 is 9.50 Å². The molecule has 0 fully saturated rings. The minimum absolute atomic E-state index is 0.365. The van der Waals surface area contributed by atoms with Gasteiger partial charge in [0.1, 0.15) is 5.82 Å². The van der Waals surface area contributed by atoms with E-state index in [-0.39, 0.29) is 5.82 Å². The van der Waals surface area contributed by atoms with E-state index in [4.69, 9.17) is 0 Å². The Morgan fingerprint density at radius 2 is 2.21 bits per heavy atom. The fourth-order valence-electron chi connectivity index (χ4n) is 2.04. The Hall–Kier alpha value is -1.82. The lowest BCUT2D eigenvalue weighted by molar-refractivity contribution is 0.164. The van der Waals surface area contributed by atoms with Gasteiger partial charge >= 0.3 is 0 Å². The Labute approximate surface area is 110 Å². The molecule has 19 heavy (non-hydrogen) atoms. The lowest BCUT2D eigenvalue weighted by Crippen LogP contribution is -2.01. The van der Waals surface area contributed by atoms with Crippen molar-refractivity contribution in [3.8, 4) is 11.4 Å². The second-order valence-corrected chi connectivity index (χ2v) is 4.49. The largest absolute Gasteiger partial charge is 0.388 e. The molecule has 6 heteroatoms. The summed E-state index contributed by atoms with van der Waals surface area (Å²) in [6.07, 6.45) is 3.11. The first-order valence-electron chi connectivity index (χ1n) is 6.44. The van der Waals surface area contributed by atoms with Crippen LogP contribution in [0.2, 0.25) is 0 Å². The average Bonchev–Trinajstić information content (AvgIpc) is 2.92. The lowest BCUT2D eigenvalue weighted by atomic mass is 9.97. The molecule has 0 unspecified atom stereocenters. The van der Waals surface area contributed by atoms with E-state index in [0.29, 0.717) is 23.4 Å². The van der Waals surface area contributed by atoms with Gasteiger partial charge < -0.3 is 5.11 Å². The first-order chi connectivity index (χ1) is 9.22. The predicted octanol–water partition coefficient (Wildman–Crippen LogP) is 2.62. The summed E-state index contributed by atoms with van der Waals surface area (Å²) < 4.78 is 13.3. The van der Waals surface area contributed by atoms with Crippen LogP contribution < -0.4 is 0 Å². The fourth-order valence-corrected chi connectivity index (χ4v) is 2.04. The third-order valence-corrected chi connectivity index (χ3v) is 3.06. The molecule has 0 saturated heterocycles. The van der Waals surface area contributed by atoms with E-state index in [9.17, 15) is 9.50 Å². The van der Waals surface area contributed by atoms with Gasteiger partial charge in [-0.1, -0.05) is 32.3 Å². The van der Waals surface area contributed by atoms with Gasteiger partial charge in [0.2, 0.25) is 0 Å². The number of tetrazole rings is 1. The maximum absolute atomic E-state index is 13.3. The van der Waals surface area contributed by atoms with Crippen molar-refractivity contribution >= 4 is 0 Å². The van der Waals surface area contributed by atoms with Crippen LogP contribution in [0.5, 0.6) is 0 Å². The van der Waals surface area contributed by atoms with Crippen LogP contribution in [0.25, 0.3) is 11.4 Å². The van der Waals surface area contributed by atoms with Gasteiger partial charge in [0.15, 0.2) is 5.82 Å². The molecule has 0 bridgehead atoms. The van der Waals surface area contributed by atoms with Crippen LogP contribution in [0.1, 0.15) is 44.3 Å². The van der Waals surface area contributed by atoms with Crippen molar-refractivity contribution in [3.05, 3.63) is 29.6 Å². The van der Waals surface area contributed by atoms with Crippen LogP contribution in [-0.2, 0) is 0 Å². The number of hydrogen-bond donors (Lipinski definition) is 2. The maximum atomic E-state index is 13.3. The summed E-state index contributed by atoms with van der Waals surface area (Å²) in [4.78, 5) is 0. The molecule has 1 aromatic carbocycles. The summed E-state index contributed by atoms with van der Waals surface area (Å²) in [6.45, 7) is 2.11. The molecule has 2 N–H and O–H groups in total. The van der Waals surface area contributed by atoms with Crippen molar-refractivity contribution in [3.63, 3.8) is 0 Å². The van der Waals surface area contributed by atoms with Crippen molar-refractivity contribution in [2.45, 2.75) is 38.7 Å². The van der Waals surface area contributed by atoms with Gasteiger partial charge in [-0.25, -0.2) is 9.49 Å². The number of nitrogens with one attached hydrogen (secondary N) is 1. The Morgan fingerprint density at radius 3 is 2.89 bits per heavy atom. The highest BCUT2D eigenvalue weighted by molar-refractivity contribution is 5.60. The molecular formula is C13H17FN4O. The molecule has 0 amide bonds. The van der Waals surface area contributed by atoms with Crippen LogP contribution in [0, 0.1) is 5.82 Å². The Morgan fingerprint density at radius 1 is 1.37 bits per heavy atom. The summed E-state index contributed by atoms with van der Waals surface area (Å²) >= 11 is 0. The minimum atomic E-state index is -0.632. The van der Waals surface area contributed by atoms with Crippen LogP contribution in [0.3, 0.4) is 0 Å². The minimum Gasteiger partial charge on any atom is -0.388 e. The monoisotopic (exact) mass is 264 g/mol. The zero-order chi connectivity index (χ0) is 13.7. The van der Waals surface area contributed by atoms with Crippen LogP contribution in [-0.4, -0.2) is 25.7 Å². The predicted molar refractivity (Wildman–Crippen MR) is 68.7 cm³/mol. The number of aromatic amines is 1. The zero-order valence-corrected chi connectivity index (χ0v) is 10.8. The van der Waals surface area contributed by atoms with Crippen LogP contribution in [0.4, 0.5) is 4.39 Å². The first-order valence-corrected chi connectivity index (χ1v) is 6.44. The number of nitrogens with zero attached hydrogens (tertiary/aromatic N) is 3. The molecular weight excluding hydrogens is 247 g/mol. The standard InChI is InChI=1S/C13H17FN4O/c1-2-3-4-5-12(19)10-7-6-9(14)8-11(10)13-15-17-18-16-13/h6-8,12,19H,2-5H2,1H3,(H,15,16,17,18)/t12-/m0/s1. The molecule has 1 heterocycles. The summed E-state index contributed by atoms with van der Waals surface area (Å²) in [6, 6.07) is 4.26. The second-order valence-electron chi connectivity index (χ2n) is 4.49. The van der Waals surface area contributed by atoms with Gasteiger partial charge in [-0.05, 0) is 34.5 Å². The van der Waals surface area contributed by atoms with E-state index in [1.165, 1.54) is 12.1 Å². The molecule has 0 aliphatic heterocycles. The highest BCUT2D eigenvalue weighted by atomic mass is 19.1. The summed E-state index contributed by atoms with van der Waals surface area (Å²) in [7, 11) is 0. The van der Waals surface area contributed by atoms with Crippen LogP contribution >= 0.6 is 0 Å². The van der Waals surface area contributed by atoms with Crippen molar-refractivity contribution in [2.24, 2.45) is 0 Å². The number of halogens is 1. The maximum Gasteiger partial charge on any atom is 0.179 e. The molecule has 0 saturated carbocycles. The topological polar surface area (TPSA) is 74.7 Å². The number of benzene rings is 1. The van der Waals surface area contributed by atoms with Gasteiger partial charge in [-0.2, -0.15) is 0 Å². The number of aliphatic hydroxyl groups excluding tert-OH is 1. The molecule has 5 nitrogen and oxygen atoms in total. The van der Waals surface area contributed by atoms with Crippen molar-refractivity contribution in [1.82, 2.24) is 20.6 Å². The Kier molecular flexibility index (Phi) is 4.57. The molecule has 2 rings (SSSR count). The molecule has 1 atom stereocenters. The second kappa shape index (κ2) is 6.38. The first kappa shape index (κ1) is 13.6. The highest BCUT2D eigenvalue weighted by Crippen LogP contribution is 2.29. The van der Waals surface area contributed by atoms with Gasteiger partial charge in [-0.15, -0.1) is 5.10 Å². The Bertz CT molecular complexity index is 515. The lowest BCUT2D eigenvalue weighted by Gasteiger charge is -2.14. The normalized spacial score (nSPS) is 12.6. The molecule has 0 aliphatic carbocycles. The highest BCUT2D eigenvalue weighted by Gasteiger charge is 2.16. The van der Waals surface area contributed by atoms with Crippen molar-refractivity contribution in [2.75, 3.05) is 0 Å². The average molecular weight is 264 g/mol. The van der Waals surface area contributed by atoms with E-state index in [1.54, 1.807) is 6.07 Å². The number of hydrogen-bond acceptors (Lipinski definition) is 4. The summed E-state index contributed by atoms with van der Waals surface area (Å²) in [5.41, 5.74) is 1.16. The summed E-state index contributed by atoms with van der Waals surface area (Å²) in [5.74, 6) is -0.0139. The molecule has 2 aromatic rings. The van der Waals surface area contributed by atoms with Gasteiger partial charge in [0, 0.05) is 5.56 Å². The number of H-pyrrole nitrogens is 1. The molecule has 0 spiro atoms. The molecule has 0 aliphatic rings. The van der Waals surface area contributed by atoms with E-state index in [0.717, 1.165) is 19.3 Å². The van der Waals surface area contributed by atoms with E-state index >= 15 is 0 Å². The van der Waals surface area contributed by atoms with Gasteiger partial charge in [-0.3, -0.25) is 0 Å². The zero-order valence-electron chi connectivity index (χ0n) is 10.8. The third kappa shape index (κ3) is 3.35. The number of unbranched alkanes of at least 4 members (excludes halogenated alkanes) is 2. The third-order valence-electron chi connectivity index (χ3n) is 3.06. The van der Waals surface area contributed by atoms with E-state index in [1.807, 2.05) is 0 Å². The number of rotatable bonds is 6. The van der Waals surface area contributed by atoms with Gasteiger partial charge in [0.25, 0.3) is 0 Å². The quantitative estimate of drug-likeness (QED) is 0.786. The van der Waals surface area contributed by atoms with Crippen molar-refractivity contribution in [1.29, 1.82) is 0 Å². The Balaban J connectivity index is 2.24. The SMILES string of the molecule is CCCCC[C@H](O)c1ccc(F)cc1-c1nnn[nH]1. The van der Waals surface area contributed by atoms with Crippen LogP contribution in [0.15, 0.2) is 18.2 Å². The number of aromatic nitrogens is 4. The molecule has 1 aromatic heterocycles. The molecule has 0 radical (unpaired) electrons. The molecule has 102 valence electrons. The number of aliphatic hydroxyl groups is 1. The summed E-state index contributed by atoms with van der Waals surface area (Å²) in [5, 5.41) is 23.5.